The smallest absolute Gasteiger partial charge is 0.315 e. The van der Waals surface area contributed by atoms with E-state index in [1.807, 2.05) is 36.9 Å². The van der Waals surface area contributed by atoms with Gasteiger partial charge in [0, 0.05) is 18.1 Å². The molecule has 2 amide bonds. The number of hydrogen-bond donors (Lipinski definition) is 2. The highest BCUT2D eigenvalue weighted by atomic mass is 32.2. The van der Waals surface area contributed by atoms with Crippen LogP contribution < -0.4 is 20.1 Å². The predicted octanol–water partition coefficient (Wildman–Crippen LogP) is 4.02. The summed E-state index contributed by atoms with van der Waals surface area (Å²) in [6.45, 7) is 4.92. The van der Waals surface area contributed by atoms with E-state index in [1.54, 1.807) is 0 Å². The molecule has 1 aliphatic rings. The van der Waals surface area contributed by atoms with Crippen molar-refractivity contribution in [3.63, 3.8) is 0 Å². The highest BCUT2D eigenvalue weighted by Crippen LogP contribution is 2.34. The molecule has 0 aliphatic carbocycles. The Morgan fingerprint density at radius 1 is 1.15 bits per heavy atom. The Morgan fingerprint density at radius 3 is 2.73 bits per heavy atom. The van der Waals surface area contributed by atoms with Gasteiger partial charge in [0.1, 0.15) is 0 Å². The van der Waals surface area contributed by atoms with Crippen molar-refractivity contribution in [1.29, 1.82) is 0 Å². The molecule has 2 N–H and O–H groups in total. The lowest BCUT2D eigenvalue weighted by molar-refractivity contribution is 0.174. The molecule has 1 unspecified atom stereocenters. The number of hydrogen-bond acceptors (Lipinski definition) is 4. The number of carbonyl (C=O) groups excluding carboxylic acids is 1. The number of carbonyl (C=O) groups is 1. The van der Waals surface area contributed by atoms with E-state index in [0.29, 0.717) is 6.54 Å². The van der Waals surface area contributed by atoms with E-state index in [-0.39, 0.29) is 18.9 Å². The van der Waals surface area contributed by atoms with Gasteiger partial charge in [-0.15, -0.1) is 0 Å². The minimum atomic E-state index is -0.161. The zero-order chi connectivity index (χ0) is 18.4. The van der Waals surface area contributed by atoms with Crippen LogP contribution in [-0.4, -0.2) is 25.1 Å². The van der Waals surface area contributed by atoms with E-state index >= 15 is 0 Å². The quantitative estimate of drug-likeness (QED) is 0.721. The molecule has 1 aliphatic heterocycles. The maximum Gasteiger partial charge on any atom is 0.315 e. The Labute approximate surface area is 158 Å². The average molecular weight is 372 g/mol. The largest absolute Gasteiger partial charge is 0.454 e. The standard InChI is InChI=1S/C20H24N2O3S/c1-14-3-5-16(6-4-14)12-26-10-9-21-20(23)22-15(2)17-7-8-18-19(11-17)25-13-24-18/h3-8,11,15H,9-10,12-13H2,1-2H3,(H2,21,22,23). The first-order chi connectivity index (χ1) is 12.6. The summed E-state index contributed by atoms with van der Waals surface area (Å²) in [4.78, 5) is 12.0. The number of ether oxygens (including phenoxy) is 2. The number of amides is 2. The van der Waals surface area contributed by atoms with Gasteiger partial charge < -0.3 is 20.1 Å². The molecule has 0 radical (unpaired) electrons. The molecule has 0 spiro atoms. The van der Waals surface area contributed by atoms with Gasteiger partial charge in [0.05, 0.1) is 6.04 Å². The number of rotatable bonds is 7. The molecule has 26 heavy (non-hydrogen) atoms. The van der Waals surface area contributed by atoms with E-state index in [0.717, 1.165) is 28.6 Å². The lowest BCUT2D eigenvalue weighted by Gasteiger charge is -2.15. The van der Waals surface area contributed by atoms with E-state index in [4.69, 9.17) is 9.47 Å². The van der Waals surface area contributed by atoms with Crippen molar-refractivity contribution < 1.29 is 14.3 Å². The number of fused-ring (bicyclic) bond motifs is 1. The zero-order valence-corrected chi connectivity index (χ0v) is 15.9. The number of urea groups is 1. The zero-order valence-electron chi connectivity index (χ0n) is 15.1. The van der Waals surface area contributed by atoms with Crippen molar-refractivity contribution in [2.75, 3.05) is 19.1 Å². The summed E-state index contributed by atoms with van der Waals surface area (Å²) in [7, 11) is 0. The third-order valence-electron chi connectivity index (χ3n) is 4.17. The Bertz CT molecular complexity index is 749. The van der Waals surface area contributed by atoms with Gasteiger partial charge in [-0.2, -0.15) is 11.8 Å². The second-order valence-corrected chi connectivity index (χ2v) is 7.38. The van der Waals surface area contributed by atoms with Crippen LogP contribution in [0.25, 0.3) is 0 Å². The second kappa shape index (κ2) is 8.85. The highest BCUT2D eigenvalue weighted by molar-refractivity contribution is 7.98. The first kappa shape index (κ1) is 18.5. The maximum atomic E-state index is 12.0. The molecule has 0 aromatic heterocycles. The van der Waals surface area contributed by atoms with Gasteiger partial charge in [-0.25, -0.2) is 4.79 Å². The lowest BCUT2D eigenvalue weighted by atomic mass is 10.1. The van der Waals surface area contributed by atoms with Gasteiger partial charge in [-0.3, -0.25) is 0 Å². The minimum Gasteiger partial charge on any atom is -0.454 e. The molecule has 0 saturated carbocycles. The monoisotopic (exact) mass is 372 g/mol. The summed E-state index contributed by atoms with van der Waals surface area (Å²) in [5.41, 5.74) is 3.56. The summed E-state index contributed by atoms with van der Waals surface area (Å²) >= 11 is 1.81. The molecule has 2 aromatic carbocycles. The fourth-order valence-corrected chi connectivity index (χ4v) is 3.44. The Balaban J connectivity index is 1.35. The molecule has 0 bridgehead atoms. The van der Waals surface area contributed by atoms with Crippen LogP contribution in [0.3, 0.4) is 0 Å². The van der Waals surface area contributed by atoms with Crippen molar-refractivity contribution in [1.82, 2.24) is 10.6 Å². The van der Waals surface area contributed by atoms with Crippen LogP contribution >= 0.6 is 11.8 Å². The van der Waals surface area contributed by atoms with Crippen LogP contribution in [0.2, 0.25) is 0 Å². The Kier molecular flexibility index (Phi) is 6.28. The van der Waals surface area contributed by atoms with Crippen LogP contribution in [-0.2, 0) is 5.75 Å². The van der Waals surface area contributed by atoms with E-state index in [1.165, 1.54) is 11.1 Å². The molecule has 138 valence electrons. The van der Waals surface area contributed by atoms with Gasteiger partial charge in [0.15, 0.2) is 11.5 Å². The van der Waals surface area contributed by atoms with Crippen LogP contribution in [0.1, 0.15) is 29.7 Å². The van der Waals surface area contributed by atoms with E-state index in [2.05, 4.69) is 41.8 Å². The number of nitrogens with one attached hydrogen (secondary N) is 2. The van der Waals surface area contributed by atoms with Crippen LogP contribution in [0.4, 0.5) is 4.79 Å². The normalized spacial score (nSPS) is 13.3. The van der Waals surface area contributed by atoms with E-state index in [9.17, 15) is 4.79 Å². The molecule has 6 heteroatoms. The highest BCUT2D eigenvalue weighted by Gasteiger charge is 2.16. The summed E-state index contributed by atoms with van der Waals surface area (Å²) in [5, 5.41) is 5.85. The summed E-state index contributed by atoms with van der Waals surface area (Å²) < 4.78 is 10.7. The second-order valence-electron chi connectivity index (χ2n) is 6.27. The summed E-state index contributed by atoms with van der Waals surface area (Å²) in [6.07, 6.45) is 0. The molecular weight excluding hydrogens is 348 g/mol. The Morgan fingerprint density at radius 2 is 1.92 bits per heavy atom. The third-order valence-corrected chi connectivity index (χ3v) is 5.20. The fraction of sp³-hybridized carbons (Fsp3) is 0.350. The summed E-state index contributed by atoms with van der Waals surface area (Å²) in [6, 6.07) is 14.0. The Hall–Kier alpha value is -2.34. The average Bonchev–Trinajstić information content (AvgIpc) is 3.10. The molecule has 2 aromatic rings. The van der Waals surface area contributed by atoms with Crippen molar-refractivity contribution in [3.05, 3.63) is 59.2 Å². The first-order valence-corrected chi connectivity index (χ1v) is 9.84. The van der Waals surface area contributed by atoms with Crippen molar-refractivity contribution in [2.45, 2.75) is 25.6 Å². The molecule has 1 atom stereocenters. The summed E-state index contributed by atoms with van der Waals surface area (Å²) in [5.74, 6) is 3.30. The van der Waals surface area contributed by atoms with Crippen LogP contribution in [0, 0.1) is 6.92 Å². The molecule has 5 nitrogen and oxygen atoms in total. The number of thioether (sulfide) groups is 1. The van der Waals surface area contributed by atoms with Gasteiger partial charge in [-0.1, -0.05) is 35.9 Å². The van der Waals surface area contributed by atoms with Crippen molar-refractivity contribution in [2.24, 2.45) is 0 Å². The number of aryl methyl sites for hydroxylation is 1. The van der Waals surface area contributed by atoms with Gasteiger partial charge in [0.2, 0.25) is 6.79 Å². The van der Waals surface area contributed by atoms with Crippen molar-refractivity contribution in [3.8, 4) is 11.5 Å². The first-order valence-electron chi connectivity index (χ1n) is 8.69. The third kappa shape index (κ3) is 5.08. The molecule has 3 rings (SSSR count). The lowest BCUT2D eigenvalue weighted by Crippen LogP contribution is -2.38. The fourth-order valence-electron chi connectivity index (χ4n) is 2.62. The minimum absolute atomic E-state index is 0.107. The van der Waals surface area contributed by atoms with Gasteiger partial charge in [0.25, 0.3) is 0 Å². The molecule has 0 saturated heterocycles. The van der Waals surface area contributed by atoms with Gasteiger partial charge in [-0.05, 0) is 37.1 Å². The van der Waals surface area contributed by atoms with Crippen LogP contribution in [0.5, 0.6) is 11.5 Å². The molecular formula is C20H24N2O3S. The topological polar surface area (TPSA) is 59.6 Å². The van der Waals surface area contributed by atoms with Crippen LogP contribution in [0.15, 0.2) is 42.5 Å². The maximum absolute atomic E-state index is 12.0. The van der Waals surface area contributed by atoms with Gasteiger partial charge >= 0.3 is 6.03 Å². The molecule has 0 fully saturated rings. The predicted molar refractivity (Wildman–Crippen MR) is 105 cm³/mol. The molecule has 1 heterocycles. The SMILES string of the molecule is Cc1ccc(CSCCNC(=O)NC(C)c2ccc3c(c2)OCO3)cc1. The number of benzene rings is 2. The van der Waals surface area contributed by atoms with Crippen molar-refractivity contribution >= 4 is 17.8 Å². The van der Waals surface area contributed by atoms with E-state index < -0.39 is 0 Å².